The lowest BCUT2D eigenvalue weighted by atomic mass is 9.70. The van der Waals surface area contributed by atoms with E-state index in [1.54, 1.807) is 0 Å². The highest BCUT2D eigenvalue weighted by atomic mass is 32.2. The summed E-state index contributed by atoms with van der Waals surface area (Å²) in [5, 5.41) is 15.8. The summed E-state index contributed by atoms with van der Waals surface area (Å²) in [6.45, 7) is 3.86. The van der Waals surface area contributed by atoms with Crippen LogP contribution >= 0.6 is 0 Å². The molecule has 5 nitrogen and oxygen atoms in total. The van der Waals surface area contributed by atoms with Crippen LogP contribution in [0.25, 0.3) is 0 Å². The fourth-order valence-electron chi connectivity index (χ4n) is 3.72. The van der Waals surface area contributed by atoms with Gasteiger partial charge in [0.2, 0.25) is 5.25 Å². The number of sulfone groups is 1. The summed E-state index contributed by atoms with van der Waals surface area (Å²) in [5.74, 6) is -0.168. The van der Waals surface area contributed by atoms with Gasteiger partial charge in [0.05, 0.1) is 17.9 Å². The van der Waals surface area contributed by atoms with Crippen molar-refractivity contribution >= 4 is 15.6 Å². The number of hydrogen-bond donors (Lipinski definition) is 0. The molecule has 0 amide bonds. The fraction of sp³-hybridized carbons (Fsp3) is 0.769. The second kappa shape index (κ2) is 4.05. The van der Waals surface area contributed by atoms with E-state index in [1.807, 2.05) is 13.8 Å². The minimum Gasteiger partial charge on any atom is -0.299 e. The summed E-state index contributed by atoms with van der Waals surface area (Å²) in [5.41, 5.74) is -1.27. The van der Waals surface area contributed by atoms with Crippen LogP contribution in [0, 0.1) is 39.4 Å². The molecule has 0 spiro atoms. The van der Waals surface area contributed by atoms with Crippen LogP contribution in [0.2, 0.25) is 0 Å². The summed E-state index contributed by atoms with van der Waals surface area (Å²) >= 11 is 0. The van der Waals surface area contributed by atoms with Gasteiger partial charge in [0, 0.05) is 11.8 Å². The Morgan fingerprint density at radius 2 is 1.95 bits per heavy atom. The molecule has 0 N–H and O–H groups in total. The zero-order chi connectivity index (χ0) is 14.5. The van der Waals surface area contributed by atoms with Gasteiger partial charge in [0.1, 0.15) is 5.78 Å². The molecule has 2 aliphatic carbocycles. The topological polar surface area (TPSA) is 98.8 Å². The minimum atomic E-state index is -3.90. The average Bonchev–Trinajstić information content (AvgIpc) is 2.63. The van der Waals surface area contributed by atoms with Gasteiger partial charge in [-0.1, -0.05) is 13.8 Å². The van der Waals surface area contributed by atoms with Crippen molar-refractivity contribution < 1.29 is 13.2 Å². The van der Waals surface area contributed by atoms with Gasteiger partial charge in [-0.05, 0) is 24.2 Å². The fourth-order valence-corrected chi connectivity index (χ4v) is 5.58. The second-order valence-electron chi connectivity index (χ2n) is 6.11. The quantitative estimate of drug-likeness (QED) is 0.773. The molecule has 0 aromatic carbocycles. The smallest absolute Gasteiger partial charge is 0.233 e. The number of nitrogens with zero attached hydrogens (tertiary/aromatic N) is 2. The van der Waals surface area contributed by atoms with Crippen molar-refractivity contribution in [2.75, 3.05) is 5.75 Å². The van der Waals surface area contributed by atoms with E-state index in [2.05, 4.69) is 0 Å². The van der Waals surface area contributed by atoms with Crippen LogP contribution in [0.15, 0.2) is 0 Å². The van der Waals surface area contributed by atoms with Crippen molar-refractivity contribution in [3.05, 3.63) is 0 Å². The molecule has 0 radical (unpaired) electrons. The minimum absolute atomic E-state index is 0.0213. The lowest BCUT2D eigenvalue weighted by Crippen LogP contribution is -2.44. The van der Waals surface area contributed by atoms with E-state index in [1.165, 1.54) is 12.1 Å². The van der Waals surface area contributed by atoms with Crippen molar-refractivity contribution in [3.8, 4) is 12.1 Å². The SMILES string of the molecule is CC1(C)C2CCC1(CS(=O)(=O)C(C#N)C#N)C(=O)C2. The Kier molecular flexibility index (Phi) is 2.98. The molecule has 6 heteroatoms. The molecule has 2 saturated carbocycles. The van der Waals surface area contributed by atoms with Crippen LogP contribution in [-0.2, 0) is 14.6 Å². The largest absolute Gasteiger partial charge is 0.299 e. The number of carbonyl (C=O) groups is 1. The van der Waals surface area contributed by atoms with Crippen LogP contribution in [0.5, 0.6) is 0 Å². The van der Waals surface area contributed by atoms with Crippen LogP contribution in [0.1, 0.15) is 33.1 Å². The lowest BCUT2D eigenvalue weighted by molar-refractivity contribution is -0.128. The van der Waals surface area contributed by atoms with Crippen LogP contribution < -0.4 is 0 Å². The van der Waals surface area contributed by atoms with E-state index < -0.39 is 20.5 Å². The molecule has 2 bridgehead atoms. The number of ketones is 1. The third-order valence-electron chi connectivity index (χ3n) is 5.18. The van der Waals surface area contributed by atoms with Gasteiger partial charge in [0.15, 0.2) is 9.84 Å². The molecule has 0 aromatic rings. The maximum absolute atomic E-state index is 12.2. The predicted molar refractivity (Wildman–Crippen MR) is 67.4 cm³/mol. The molecular formula is C13H16N2O3S. The number of Topliss-reactive ketones (excluding diaryl/α,β-unsaturated/α-hetero) is 1. The Hall–Kier alpha value is -1.40. The van der Waals surface area contributed by atoms with E-state index in [0.717, 1.165) is 6.42 Å². The summed E-state index contributed by atoms with van der Waals surface area (Å²) in [6.07, 6.45) is 1.82. The van der Waals surface area contributed by atoms with Crippen LogP contribution in [0.4, 0.5) is 0 Å². The van der Waals surface area contributed by atoms with E-state index in [9.17, 15) is 13.2 Å². The number of nitriles is 2. The second-order valence-corrected chi connectivity index (χ2v) is 8.20. The van der Waals surface area contributed by atoms with Gasteiger partial charge in [-0.2, -0.15) is 10.5 Å². The predicted octanol–water partition coefficient (Wildman–Crippen LogP) is 1.21. The van der Waals surface area contributed by atoms with Gasteiger partial charge < -0.3 is 0 Å². The maximum Gasteiger partial charge on any atom is 0.233 e. The standard InChI is InChI=1S/C13H16N2O3S/c1-12(2)9-3-4-13(12,11(16)5-9)8-19(17,18)10(6-14)7-15/h9-10H,3-5,8H2,1-2H3. The maximum atomic E-state index is 12.2. The van der Waals surface area contributed by atoms with Crippen molar-refractivity contribution in [2.45, 2.75) is 38.4 Å². The van der Waals surface area contributed by atoms with Gasteiger partial charge in [-0.15, -0.1) is 0 Å². The Balaban J connectivity index is 2.41. The van der Waals surface area contributed by atoms with Gasteiger partial charge in [-0.25, -0.2) is 8.42 Å². The zero-order valence-corrected chi connectivity index (χ0v) is 11.8. The average molecular weight is 280 g/mol. The Bertz CT molecular complexity index is 595. The van der Waals surface area contributed by atoms with Crippen LogP contribution in [-0.4, -0.2) is 25.2 Å². The molecule has 0 saturated heterocycles. The molecular weight excluding hydrogens is 264 g/mol. The van der Waals surface area contributed by atoms with Crippen LogP contribution in [0.3, 0.4) is 0 Å². The highest BCUT2D eigenvalue weighted by molar-refractivity contribution is 7.92. The zero-order valence-electron chi connectivity index (χ0n) is 11.0. The molecule has 19 heavy (non-hydrogen) atoms. The van der Waals surface area contributed by atoms with E-state index in [0.29, 0.717) is 12.8 Å². The first-order chi connectivity index (χ1) is 8.71. The molecule has 2 atom stereocenters. The summed E-state index contributed by atoms with van der Waals surface area (Å²) in [4.78, 5) is 12.2. The molecule has 0 aromatic heterocycles. The van der Waals surface area contributed by atoms with E-state index in [4.69, 9.17) is 10.5 Å². The molecule has 2 rings (SSSR count). The van der Waals surface area contributed by atoms with Gasteiger partial charge in [-0.3, -0.25) is 4.79 Å². The molecule has 102 valence electrons. The monoisotopic (exact) mass is 280 g/mol. The van der Waals surface area contributed by atoms with Gasteiger partial charge in [0.25, 0.3) is 0 Å². The Morgan fingerprint density at radius 1 is 1.37 bits per heavy atom. The highest BCUT2D eigenvalue weighted by Gasteiger charge is 2.65. The first kappa shape index (κ1) is 14.0. The Labute approximate surface area is 113 Å². The molecule has 2 fully saturated rings. The summed E-state index contributed by atoms with van der Waals surface area (Å²) in [6, 6.07) is 3.01. The third kappa shape index (κ3) is 1.70. The summed E-state index contributed by atoms with van der Waals surface area (Å²) < 4.78 is 24.3. The number of carbonyl (C=O) groups excluding carboxylic acids is 1. The summed E-state index contributed by atoms with van der Waals surface area (Å²) in [7, 11) is -3.90. The van der Waals surface area contributed by atoms with Crippen molar-refractivity contribution in [3.63, 3.8) is 0 Å². The normalized spacial score (nSPS) is 32.3. The van der Waals surface area contributed by atoms with E-state index >= 15 is 0 Å². The lowest BCUT2D eigenvalue weighted by Gasteiger charge is -2.36. The number of hydrogen-bond acceptors (Lipinski definition) is 5. The van der Waals surface area contributed by atoms with Crippen molar-refractivity contribution in [1.82, 2.24) is 0 Å². The highest BCUT2D eigenvalue weighted by Crippen LogP contribution is 2.64. The van der Waals surface area contributed by atoms with E-state index in [-0.39, 0.29) is 22.9 Å². The molecule has 0 aliphatic heterocycles. The van der Waals surface area contributed by atoms with Crippen molar-refractivity contribution in [2.24, 2.45) is 16.7 Å². The molecule has 2 aliphatic rings. The Morgan fingerprint density at radius 3 is 2.32 bits per heavy atom. The number of fused-ring (bicyclic) bond motifs is 2. The molecule has 0 heterocycles. The number of rotatable bonds is 3. The first-order valence-corrected chi connectivity index (χ1v) is 7.97. The van der Waals surface area contributed by atoms with Crippen molar-refractivity contribution in [1.29, 1.82) is 10.5 Å². The molecule has 2 unspecified atom stereocenters. The van der Waals surface area contributed by atoms with Gasteiger partial charge >= 0.3 is 0 Å². The third-order valence-corrected chi connectivity index (χ3v) is 7.00. The first-order valence-electron chi connectivity index (χ1n) is 6.25.